The molecule has 220 valence electrons. The smallest absolute Gasteiger partial charge is 0.251 e. The molecule has 40 heavy (non-hydrogen) atoms. The monoisotopic (exact) mass is 555 g/mol. The molecule has 0 radical (unpaired) electrons. The van der Waals surface area contributed by atoms with Gasteiger partial charge in [-0.1, -0.05) is 25.1 Å². The second kappa shape index (κ2) is 17.5. The first kappa shape index (κ1) is 31.4. The van der Waals surface area contributed by atoms with E-state index in [1.54, 1.807) is 7.11 Å². The van der Waals surface area contributed by atoms with Gasteiger partial charge in [-0.25, -0.2) is 0 Å². The molecule has 1 fully saturated rings. The number of carbonyl (C=O) groups excluding carboxylic acids is 2. The molecule has 2 aromatic rings. The molecular weight excluding hydrogens is 510 g/mol. The van der Waals surface area contributed by atoms with Crippen LogP contribution < -0.4 is 20.1 Å². The Morgan fingerprint density at radius 3 is 2.62 bits per heavy atom. The fraction of sp³-hybridized carbons (Fsp3) is 0.548. The first-order chi connectivity index (χ1) is 19.5. The summed E-state index contributed by atoms with van der Waals surface area (Å²) in [7, 11) is 1.63. The zero-order valence-corrected chi connectivity index (χ0v) is 24.2. The van der Waals surface area contributed by atoms with Gasteiger partial charge in [0.2, 0.25) is 5.91 Å². The van der Waals surface area contributed by atoms with Crippen LogP contribution in [0.5, 0.6) is 11.5 Å². The Kier molecular flexibility index (Phi) is 13.8. The van der Waals surface area contributed by atoms with E-state index < -0.39 is 0 Å². The second-order valence-electron chi connectivity index (χ2n) is 9.80. The third kappa shape index (κ3) is 10.1. The van der Waals surface area contributed by atoms with Crippen LogP contribution in [-0.2, 0) is 20.8 Å². The maximum absolute atomic E-state index is 13.0. The van der Waals surface area contributed by atoms with Gasteiger partial charge in [0.1, 0.15) is 11.5 Å². The SMILES string of the molecule is CCCOCCOCCNC(=O)c1cccc(C2CCCN(C(=O)CNCc3ccc(OC)cc3OCC)C2)c1. The lowest BCUT2D eigenvalue weighted by Gasteiger charge is -2.33. The highest BCUT2D eigenvalue weighted by Crippen LogP contribution is 2.28. The van der Waals surface area contributed by atoms with E-state index in [4.69, 9.17) is 18.9 Å². The van der Waals surface area contributed by atoms with E-state index in [-0.39, 0.29) is 24.3 Å². The highest BCUT2D eigenvalue weighted by Gasteiger charge is 2.25. The van der Waals surface area contributed by atoms with E-state index >= 15 is 0 Å². The second-order valence-corrected chi connectivity index (χ2v) is 9.80. The number of benzene rings is 2. The van der Waals surface area contributed by atoms with Crippen molar-refractivity contribution in [3.63, 3.8) is 0 Å². The first-order valence-corrected chi connectivity index (χ1v) is 14.4. The zero-order chi connectivity index (χ0) is 28.6. The number of carbonyl (C=O) groups is 2. The number of hydrogen-bond acceptors (Lipinski definition) is 7. The molecule has 1 heterocycles. The van der Waals surface area contributed by atoms with Crippen molar-refractivity contribution >= 4 is 11.8 Å². The van der Waals surface area contributed by atoms with Gasteiger partial charge in [-0.2, -0.15) is 0 Å². The van der Waals surface area contributed by atoms with Gasteiger partial charge in [-0.15, -0.1) is 0 Å². The van der Waals surface area contributed by atoms with Crippen molar-refractivity contribution in [3.8, 4) is 11.5 Å². The van der Waals surface area contributed by atoms with Crippen molar-refractivity contribution in [1.29, 1.82) is 0 Å². The fourth-order valence-electron chi connectivity index (χ4n) is 4.73. The Morgan fingerprint density at radius 2 is 1.85 bits per heavy atom. The van der Waals surface area contributed by atoms with Gasteiger partial charge in [0.15, 0.2) is 0 Å². The molecule has 2 N–H and O–H groups in total. The maximum atomic E-state index is 13.0. The summed E-state index contributed by atoms with van der Waals surface area (Å²) in [5.41, 5.74) is 2.69. The molecule has 9 nitrogen and oxygen atoms in total. The molecule has 2 amide bonds. The van der Waals surface area contributed by atoms with E-state index in [0.29, 0.717) is 51.6 Å². The van der Waals surface area contributed by atoms with Crippen LogP contribution in [0.2, 0.25) is 0 Å². The quantitative estimate of drug-likeness (QED) is 0.287. The normalized spacial score (nSPS) is 15.1. The third-order valence-electron chi connectivity index (χ3n) is 6.81. The van der Waals surface area contributed by atoms with Crippen LogP contribution in [0.1, 0.15) is 60.5 Å². The minimum atomic E-state index is -0.120. The van der Waals surface area contributed by atoms with Crippen LogP contribution >= 0.6 is 0 Å². The van der Waals surface area contributed by atoms with Gasteiger partial charge in [-0.3, -0.25) is 9.59 Å². The van der Waals surface area contributed by atoms with E-state index in [9.17, 15) is 9.59 Å². The minimum Gasteiger partial charge on any atom is -0.497 e. The van der Waals surface area contributed by atoms with Gasteiger partial charge in [0.05, 0.1) is 40.1 Å². The zero-order valence-electron chi connectivity index (χ0n) is 24.2. The van der Waals surface area contributed by atoms with Crippen molar-refractivity contribution < 1.29 is 28.5 Å². The molecular formula is C31H45N3O6. The van der Waals surface area contributed by atoms with Crippen LogP contribution in [0, 0.1) is 0 Å². The summed E-state index contributed by atoms with van der Waals surface area (Å²) in [6, 6.07) is 13.5. The number of methoxy groups -OCH3 is 1. The number of ether oxygens (including phenoxy) is 4. The van der Waals surface area contributed by atoms with Crippen molar-refractivity contribution in [2.75, 3.05) is 66.3 Å². The van der Waals surface area contributed by atoms with E-state index in [1.807, 2.05) is 54.3 Å². The van der Waals surface area contributed by atoms with Crippen molar-refractivity contribution in [1.82, 2.24) is 15.5 Å². The van der Waals surface area contributed by atoms with E-state index in [1.165, 1.54) is 0 Å². The third-order valence-corrected chi connectivity index (χ3v) is 6.81. The molecule has 3 rings (SSSR count). The summed E-state index contributed by atoms with van der Waals surface area (Å²) in [4.78, 5) is 27.6. The average molecular weight is 556 g/mol. The molecule has 0 aromatic heterocycles. The molecule has 1 atom stereocenters. The Bertz CT molecular complexity index is 1060. The summed E-state index contributed by atoms with van der Waals surface area (Å²) >= 11 is 0. The van der Waals surface area contributed by atoms with Crippen molar-refractivity contribution in [2.24, 2.45) is 0 Å². The van der Waals surface area contributed by atoms with Crippen molar-refractivity contribution in [2.45, 2.75) is 45.6 Å². The molecule has 1 unspecified atom stereocenters. The standard InChI is InChI=1S/C31H45N3O6/c1-4-15-38-17-18-39-16-13-33-31(36)25-9-6-8-24(19-25)27-10-7-14-34(23-27)30(35)22-32-21-26-11-12-28(37-3)20-29(26)40-5-2/h6,8-9,11-12,19-20,27,32H,4-5,7,10,13-18,21-23H2,1-3H3,(H,33,36). The van der Waals surface area contributed by atoms with Gasteiger partial charge in [0, 0.05) is 55.9 Å². The van der Waals surface area contributed by atoms with Gasteiger partial charge < -0.3 is 34.5 Å². The van der Waals surface area contributed by atoms with Crippen LogP contribution in [0.25, 0.3) is 0 Å². The molecule has 0 saturated carbocycles. The number of piperidine rings is 1. The molecule has 0 bridgehead atoms. The Hall–Kier alpha value is -3.14. The van der Waals surface area contributed by atoms with Gasteiger partial charge in [0.25, 0.3) is 5.91 Å². The lowest BCUT2D eigenvalue weighted by Crippen LogP contribution is -2.43. The van der Waals surface area contributed by atoms with Gasteiger partial charge >= 0.3 is 0 Å². The molecule has 0 spiro atoms. The highest BCUT2D eigenvalue weighted by atomic mass is 16.5. The molecule has 2 aromatic carbocycles. The highest BCUT2D eigenvalue weighted by molar-refractivity contribution is 5.94. The number of likely N-dealkylation sites (tertiary alicyclic amines) is 1. The number of amides is 2. The van der Waals surface area contributed by atoms with Crippen LogP contribution in [0.4, 0.5) is 0 Å². The molecule has 1 saturated heterocycles. The number of nitrogens with zero attached hydrogens (tertiary/aromatic N) is 1. The molecule has 9 heteroatoms. The van der Waals surface area contributed by atoms with Crippen molar-refractivity contribution in [3.05, 3.63) is 59.2 Å². The minimum absolute atomic E-state index is 0.0742. The lowest BCUT2D eigenvalue weighted by molar-refractivity contribution is -0.131. The largest absolute Gasteiger partial charge is 0.497 e. The van der Waals surface area contributed by atoms with Crippen LogP contribution in [0.3, 0.4) is 0 Å². The predicted octanol–water partition coefficient (Wildman–Crippen LogP) is 3.76. The van der Waals surface area contributed by atoms with Crippen LogP contribution in [0.15, 0.2) is 42.5 Å². The number of rotatable bonds is 17. The molecule has 1 aliphatic heterocycles. The van der Waals surface area contributed by atoms with Gasteiger partial charge in [-0.05, 0) is 49.9 Å². The molecule has 1 aliphatic rings. The number of hydrogen-bond donors (Lipinski definition) is 2. The first-order valence-electron chi connectivity index (χ1n) is 14.4. The Labute approximate surface area is 238 Å². The number of nitrogens with one attached hydrogen (secondary N) is 2. The average Bonchev–Trinajstić information content (AvgIpc) is 2.99. The maximum Gasteiger partial charge on any atom is 0.251 e. The summed E-state index contributed by atoms with van der Waals surface area (Å²) in [6.07, 6.45) is 2.90. The Balaban J connectivity index is 1.45. The summed E-state index contributed by atoms with van der Waals surface area (Å²) in [5.74, 6) is 1.65. The van der Waals surface area contributed by atoms with Crippen LogP contribution in [-0.4, -0.2) is 83.0 Å². The lowest BCUT2D eigenvalue weighted by atomic mass is 9.89. The summed E-state index contributed by atoms with van der Waals surface area (Å²) in [5, 5.41) is 6.19. The van der Waals surface area contributed by atoms with E-state index in [0.717, 1.165) is 55.0 Å². The summed E-state index contributed by atoms with van der Waals surface area (Å²) < 4.78 is 21.9. The fourth-order valence-corrected chi connectivity index (χ4v) is 4.73. The topological polar surface area (TPSA) is 98.4 Å². The Morgan fingerprint density at radius 1 is 1.02 bits per heavy atom. The molecule has 0 aliphatic carbocycles. The summed E-state index contributed by atoms with van der Waals surface area (Å²) in [6.45, 7) is 9.44. The van der Waals surface area contributed by atoms with E-state index in [2.05, 4.69) is 17.6 Å². The predicted molar refractivity (Wildman–Crippen MR) is 155 cm³/mol.